The Morgan fingerprint density at radius 3 is 2.76 bits per heavy atom. The van der Waals surface area contributed by atoms with Crippen molar-refractivity contribution in [1.29, 1.82) is 0 Å². The highest BCUT2D eigenvalue weighted by Gasteiger charge is 2.38. The maximum atomic E-state index is 11.6. The predicted molar refractivity (Wildman–Crippen MR) is 67.8 cm³/mol. The molecule has 0 spiro atoms. The van der Waals surface area contributed by atoms with Gasteiger partial charge in [-0.3, -0.25) is 0 Å². The van der Waals surface area contributed by atoms with E-state index in [4.69, 9.17) is 4.74 Å². The van der Waals surface area contributed by atoms with Crippen LogP contribution in [0.3, 0.4) is 0 Å². The van der Waals surface area contributed by atoms with Crippen molar-refractivity contribution < 1.29 is 13.2 Å². The van der Waals surface area contributed by atoms with Crippen LogP contribution in [0.15, 0.2) is 0 Å². The van der Waals surface area contributed by atoms with Gasteiger partial charge >= 0.3 is 0 Å². The molecule has 2 fully saturated rings. The molecule has 17 heavy (non-hydrogen) atoms. The molecule has 0 aromatic heterocycles. The number of nitrogens with one attached hydrogen (secondary N) is 1. The lowest BCUT2D eigenvalue weighted by molar-refractivity contribution is 0.0616. The first-order valence-electron chi connectivity index (χ1n) is 6.68. The first kappa shape index (κ1) is 13.3. The maximum absolute atomic E-state index is 11.6. The van der Waals surface area contributed by atoms with Gasteiger partial charge in [0.1, 0.15) is 0 Å². The average molecular weight is 261 g/mol. The van der Waals surface area contributed by atoms with E-state index in [0.29, 0.717) is 11.5 Å². The Labute approximate surface area is 104 Å². The highest BCUT2D eigenvalue weighted by molar-refractivity contribution is 7.91. The van der Waals surface area contributed by atoms with Gasteiger partial charge in [0, 0.05) is 12.6 Å². The molecular formula is C12H23NO3S. The molecule has 0 bridgehead atoms. The molecule has 2 saturated heterocycles. The summed E-state index contributed by atoms with van der Waals surface area (Å²) in [6, 6.07) is 0.231. The Bertz CT molecular complexity index is 336. The van der Waals surface area contributed by atoms with Gasteiger partial charge in [-0.15, -0.1) is 0 Å². The van der Waals surface area contributed by atoms with Crippen molar-refractivity contribution in [2.45, 2.75) is 44.8 Å². The van der Waals surface area contributed by atoms with Gasteiger partial charge in [0.15, 0.2) is 9.84 Å². The zero-order valence-electron chi connectivity index (χ0n) is 10.5. The summed E-state index contributed by atoms with van der Waals surface area (Å²) >= 11 is 0. The molecule has 100 valence electrons. The Morgan fingerprint density at radius 2 is 2.24 bits per heavy atom. The summed E-state index contributed by atoms with van der Waals surface area (Å²) in [4.78, 5) is 0. The lowest BCUT2D eigenvalue weighted by Crippen LogP contribution is -2.46. The minimum Gasteiger partial charge on any atom is -0.377 e. The van der Waals surface area contributed by atoms with Gasteiger partial charge in [0.25, 0.3) is 0 Å². The van der Waals surface area contributed by atoms with Crippen LogP contribution in [-0.4, -0.2) is 45.2 Å². The number of ether oxygens (including phenoxy) is 1. The van der Waals surface area contributed by atoms with E-state index in [-0.39, 0.29) is 18.1 Å². The van der Waals surface area contributed by atoms with Crippen molar-refractivity contribution in [2.24, 2.45) is 5.92 Å². The molecule has 1 N–H and O–H groups in total. The Morgan fingerprint density at radius 1 is 1.41 bits per heavy atom. The molecule has 2 aliphatic heterocycles. The lowest BCUT2D eigenvalue weighted by Gasteiger charge is -2.29. The Balaban J connectivity index is 1.99. The summed E-state index contributed by atoms with van der Waals surface area (Å²) in [5.74, 6) is 0.942. The van der Waals surface area contributed by atoms with Crippen LogP contribution >= 0.6 is 0 Å². The standard InChI is InChI=1S/C12H23NO3S/c1-2-6-13-12(11-4-3-7-16-11)10-5-8-17(14,15)9-10/h10-13H,2-9H2,1H3. The zero-order valence-corrected chi connectivity index (χ0v) is 11.3. The Kier molecular flexibility index (Phi) is 4.44. The summed E-state index contributed by atoms with van der Waals surface area (Å²) in [5.41, 5.74) is 0. The van der Waals surface area contributed by atoms with Crippen molar-refractivity contribution in [3.8, 4) is 0 Å². The minimum atomic E-state index is -2.79. The van der Waals surface area contributed by atoms with E-state index < -0.39 is 9.84 Å². The molecule has 0 radical (unpaired) electrons. The van der Waals surface area contributed by atoms with Gasteiger partial charge in [-0.1, -0.05) is 6.92 Å². The largest absolute Gasteiger partial charge is 0.377 e. The molecule has 3 atom stereocenters. The van der Waals surface area contributed by atoms with Crippen molar-refractivity contribution in [1.82, 2.24) is 5.32 Å². The van der Waals surface area contributed by atoms with Crippen LogP contribution in [0.25, 0.3) is 0 Å². The second-order valence-corrected chi connectivity index (χ2v) is 7.42. The van der Waals surface area contributed by atoms with Crippen molar-refractivity contribution in [3.05, 3.63) is 0 Å². The predicted octanol–water partition coefficient (Wildman–Crippen LogP) is 0.968. The lowest BCUT2D eigenvalue weighted by atomic mass is 9.93. The van der Waals surface area contributed by atoms with Crippen LogP contribution in [-0.2, 0) is 14.6 Å². The third-order valence-corrected chi connectivity index (χ3v) is 5.56. The van der Waals surface area contributed by atoms with E-state index in [2.05, 4.69) is 12.2 Å². The van der Waals surface area contributed by atoms with Crippen LogP contribution in [0.4, 0.5) is 0 Å². The number of sulfone groups is 1. The van der Waals surface area contributed by atoms with Crippen molar-refractivity contribution in [3.63, 3.8) is 0 Å². The second kappa shape index (κ2) is 5.67. The summed E-state index contributed by atoms with van der Waals surface area (Å²) in [5, 5.41) is 3.50. The SMILES string of the molecule is CCCNC(C1CCS(=O)(=O)C1)C1CCCO1. The highest BCUT2D eigenvalue weighted by Crippen LogP contribution is 2.28. The highest BCUT2D eigenvalue weighted by atomic mass is 32.2. The van der Waals surface area contributed by atoms with Gasteiger partial charge in [0.05, 0.1) is 17.6 Å². The molecule has 3 unspecified atom stereocenters. The molecule has 0 aliphatic carbocycles. The van der Waals surface area contributed by atoms with E-state index in [1.807, 2.05) is 0 Å². The second-order valence-electron chi connectivity index (χ2n) is 5.19. The number of rotatable bonds is 5. The molecule has 4 nitrogen and oxygen atoms in total. The van der Waals surface area contributed by atoms with E-state index in [1.54, 1.807) is 0 Å². The Hall–Kier alpha value is -0.130. The third kappa shape index (κ3) is 3.42. The monoisotopic (exact) mass is 261 g/mol. The molecule has 0 amide bonds. The molecule has 0 aromatic rings. The van der Waals surface area contributed by atoms with E-state index in [0.717, 1.165) is 38.8 Å². The smallest absolute Gasteiger partial charge is 0.150 e. The molecule has 2 aliphatic rings. The van der Waals surface area contributed by atoms with Gasteiger partial charge in [0.2, 0.25) is 0 Å². The summed E-state index contributed by atoms with van der Waals surface area (Å²) < 4.78 is 28.9. The summed E-state index contributed by atoms with van der Waals surface area (Å²) in [6.07, 6.45) is 4.26. The zero-order chi connectivity index (χ0) is 12.3. The first-order chi connectivity index (χ1) is 8.12. The molecule has 0 saturated carbocycles. The normalized spacial score (nSPS) is 33.9. The van der Waals surface area contributed by atoms with Crippen LogP contribution in [0.1, 0.15) is 32.6 Å². The number of hydrogen-bond acceptors (Lipinski definition) is 4. The fourth-order valence-corrected chi connectivity index (χ4v) is 4.76. The van der Waals surface area contributed by atoms with Gasteiger partial charge in [-0.2, -0.15) is 0 Å². The van der Waals surface area contributed by atoms with Crippen molar-refractivity contribution >= 4 is 9.84 Å². The fraction of sp³-hybridized carbons (Fsp3) is 1.00. The van der Waals surface area contributed by atoms with Crippen LogP contribution in [0.5, 0.6) is 0 Å². The average Bonchev–Trinajstić information content (AvgIpc) is 2.89. The fourth-order valence-electron chi connectivity index (χ4n) is 2.91. The van der Waals surface area contributed by atoms with Crippen LogP contribution in [0.2, 0.25) is 0 Å². The van der Waals surface area contributed by atoms with Gasteiger partial charge < -0.3 is 10.1 Å². The molecule has 2 heterocycles. The van der Waals surface area contributed by atoms with Crippen LogP contribution in [0, 0.1) is 5.92 Å². The van der Waals surface area contributed by atoms with Crippen molar-refractivity contribution in [2.75, 3.05) is 24.7 Å². The summed E-state index contributed by atoms with van der Waals surface area (Å²) in [7, 11) is -2.79. The molecule has 5 heteroatoms. The van der Waals surface area contributed by atoms with E-state index in [9.17, 15) is 8.42 Å². The summed E-state index contributed by atoms with van der Waals surface area (Å²) in [6.45, 7) is 3.90. The topological polar surface area (TPSA) is 55.4 Å². The molecule has 0 aromatic carbocycles. The van der Waals surface area contributed by atoms with Gasteiger partial charge in [-0.05, 0) is 38.1 Å². The third-order valence-electron chi connectivity index (χ3n) is 3.77. The van der Waals surface area contributed by atoms with Crippen LogP contribution < -0.4 is 5.32 Å². The van der Waals surface area contributed by atoms with E-state index in [1.165, 1.54) is 0 Å². The number of hydrogen-bond donors (Lipinski definition) is 1. The minimum absolute atomic E-state index is 0.222. The molecule has 2 rings (SSSR count). The quantitative estimate of drug-likeness (QED) is 0.801. The maximum Gasteiger partial charge on any atom is 0.150 e. The van der Waals surface area contributed by atoms with E-state index >= 15 is 0 Å². The van der Waals surface area contributed by atoms with Gasteiger partial charge in [-0.25, -0.2) is 8.42 Å². The molecular weight excluding hydrogens is 238 g/mol. The first-order valence-corrected chi connectivity index (χ1v) is 8.50.